The molecular formula is C11H13ClFNO2. The number of rotatable bonds is 2. The number of aliphatic hydroxyl groups is 1. The Morgan fingerprint density at radius 3 is 2.56 bits per heavy atom. The van der Waals surface area contributed by atoms with Crippen molar-refractivity contribution in [2.45, 2.75) is 19.4 Å². The first-order valence-electron chi connectivity index (χ1n) is 4.69. The van der Waals surface area contributed by atoms with Gasteiger partial charge in [-0.3, -0.25) is 4.79 Å². The zero-order chi connectivity index (χ0) is 12.5. The first kappa shape index (κ1) is 12.9. The zero-order valence-corrected chi connectivity index (χ0v) is 10.0. The van der Waals surface area contributed by atoms with Gasteiger partial charge in [-0.1, -0.05) is 11.6 Å². The minimum atomic E-state index is -1.55. The van der Waals surface area contributed by atoms with Crippen molar-refractivity contribution in [2.75, 3.05) is 11.9 Å². The fourth-order valence-corrected chi connectivity index (χ4v) is 1.43. The van der Waals surface area contributed by atoms with Gasteiger partial charge >= 0.3 is 0 Å². The molecule has 0 atom stereocenters. The van der Waals surface area contributed by atoms with Crippen LogP contribution in [-0.4, -0.2) is 23.7 Å². The van der Waals surface area contributed by atoms with Crippen LogP contribution >= 0.6 is 11.6 Å². The summed E-state index contributed by atoms with van der Waals surface area (Å²) < 4.78 is 13.4. The van der Waals surface area contributed by atoms with Crippen molar-refractivity contribution >= 4 is 23.2 Å². The lowest BCUT2D eigenvalue weighted by atomic mass is 10.1. The van der Waals surface area contributed by atoms with Crippen LogP contribution in [-0.2, 0) is 4.79 Å². The Labute approximate surface area is 98.4 Å². The highest BCUT2D eigenvalue weighted by atomic mass is 35.5. The molecule has 0 fully saturated rings. The predicted octanol–water partition coefficient (Wildman–Crippen LogP) is 2.21. The minimum Gasteiger partial charge on any atom is -0.381 e. The molecule has 0 bridgehead atoms. The molecule has 3 nitrogen and oxygen atoms in total. The number of carbonyl (C=O) groups is 1. The highest BCUT2D eigenvalue weighted by molar-refractivity contribution is 6.30. The normalized spacial score (nSPS) is 11.4. The molecule has 1 amide bonds. The second-order valence-electron chi connectivity index (χ2n) is 4.02. The number of hydrogen-bond donors (Lipinski definition) is 1. The third-order valence-corrected chi connectivity index (χ3v) is 2.33. The van der Waals surface area contributed by atoms with E-state index in [1.54, 1.807) is 0 Å². The van der Waals surface area contributed by atoms with Crippen LogP contribution in [0.15, 0.2) is 18.2 Å². The molecule has 0 aliphatic rings. The summed E-state index contributed by atoms with van der Waals surface area (Å²) in [4.78, 5) is 12.7. The summed E-state index contributed by atoms with van der Waals surface area (Å²) in [5.74, 6) is -1.17. The predicted molar refractivity (Wildman–Crippen MR) is 61.1 cm³/mol. The van der Waals surface area contributed by atoms with Crippen molar-refractivity contribution in [3.63, 3.8) is 0 Å². The van der Waals surface area contributed by atoms with Crippen LogP contribution in [0.5, 0.6) is 0 Å². The van der Waals surface area contributed by atoms with Gasteiger partial charge in [-0.25, -0.2) is 4.39 Å². The minimum absolute atomic E-state index is 0.0413. The number of nitrogens with zero attached hydrogens (tertiary/aromatic N) is 1. The van der Waals surface area contributed by atoms with Gasteiger partial charge < -0.3 is 10.0 Å². The fraction of sp³-hybridized carbons (Fsp3) is 0.364. The number of halogens is 2. The Hall–Kier alpha value is -1.13. The lowest BCUT2D eigenvalue weighted by molar-refractivity contribution is -0.133. The smallest absolute Gasteiger partial charge is 0.258 e. The molecule has 0 radical (unpaired) electrons. The molecule has 0 spiro atoms. The van der Waals surface area contributed by atoms with Gasteiger partial charge in [0.1, 0.15) is 11.4 Å². The molecule has 16 heavy (non-hydrogen) atoms. The Morgan fingerprint density at radius 2 is 2.06 bits per heavy atom. The summed E-state index contributed by atoms with van der Waals surface area (Å²) >= 11 is 5.71. The van der Waals surface area contributed by atoms with Crippen molar-refractivity contribution in [3.05, 3.63) is 29.0 Å². The van der Waals surface area contributed by atoms with Gasteiger partial charge in [-0.15, -0.1) is 0 Å². The highest BCUT2D eigenvalue weighted by Crippen LogP contribution is 2.24. The molecule has 0 aliphatic carbocycles. The lowest BCUT2D eigenvalue weighted by Crippen LogP contribution is -2.43. The average molecular weight is 246 g/mol. The number of hydrogen-bond acceptors (Lipinski definition) is 2. The van der Waals surface area contributed by atoms with Gasteiger partial charge in [0.2, 0.25) is 0 Å². The number of carbonyl (C=O) groups excluding carboxylic acids is 1. The van der Waals surface area contributed by atoms with E-state index in [-0.39, 0.29) is 5.69 Å². The Bertz CT molecular complexity index is 415. The third-order valence-electron chi connectivity index (χ3n) is 2.10. The van der Waals surface area contributed by atoms with Gasteiger partial charge in [0.05, 0.1) is 5.69 Å². The summed E-state index contributed by atoms with van der Waals surface area (Å²) in [6.45, 7) is 2.68. The number of anilines is 1. The topological polar surface area (TPSA) is 40.5 Å². The summed E-state index contributed by atoms with van der Waals surface area (Å²) in [5, 5.41) is 9.86. The van der Waals surface area contributed by atoms with E-state index < -0.39 is 17.3 Å². The average Bonchev–Trinajstić information content (AvgIpc) is 2.18. The van der Waals surface area contributed by atoms with Crippen LogP contribution < -0.4 is 4.90 Å². The van der Waals surface area contributed by atoms with Crippen LogP contribution in [0.4, 0.5) is 10.1 Å². The van der Waals surface area contributed by atoms with E-state index >= 15 is 0 Å². The summed E-state index contributed by atoms with van der Waals surface area (Å²) in [7, 11) is 1.38. The van der Waals surface area contributed by atoms with Gasteiger partial charge in [0.25, 0.3) is 5.91 Å². The summed E-state index contributed by atoms with van der Waals surface area (Å²) in [6.07, 6.45) is 0. The van der Waals surface area contributed by atoms with Crippen molar-refractivity contribution in [1.29, 1.82) is 0 Å². The van der Waals surface area contributed by atoms with E-state index in [4.69, 9.17) is 11.6 Å². The van der Waals surface area contributed by atoms with Gasteiger partial charge in [0, 0.05) is 12.1 Å². The first-order valence-corrected chi connectivity index (χ1v) is 5.07. The molecule has 0 unspecified atom stereocenters. The molecule has 1 N–H and O–H groups in total. The van der Waals surface area contributed by atoms with E-state index in [9.17, 15) is 14.3 Å². The van der Waals surface area contributed by atoms with E-state index in [2.05, 4.69) is 0 Å². The van der Waals surface area contributed by atoms with Crippen molar-refractivity contribution in [2.24, 2.45) is 0 Å². The Kier molecular flexibility index (Phi) is 3.55. The summed E-state index contributed by atoms with van der Waals surface area (Å²) in [6, 6.07) is 3.90. The molecule has 0 aromatic heterocycles. The van der Waals surface area contributed by atoms with Crippen molar-refractivity contribution in [1.82, 2.24) is 0 Å². The van der Waals surface area contributed by atoms with Gasteiger partial charge in [-0.2, -0.15) is 0 Å². The maximum Gasteiger partial charge on any atom is 0.258 e. The first-order chi connectivity index (χ1) is 7.23. The molecule has 0 aliphatic heterocycles. The molecule has 1 aromatic carbocycles. The third kappa shape index (κ3) is 2.71. The number of benzene rings is 1. The van der Waals surface area contributed by atoms with E-state index in [1.807, 2.05) is 0 Å². The Morgan fingerprint density at radius 1 is 1.50 bits per heavy atom. The van der Waals surface area contributed by atoms with Crippen molar-refractivity contribution < 1.29 is 14.3 Å². The molecule has 1 aromatic rings. The fourth-order valence-electron chi connectivity index (χ4n) is 1.26. The van der Waals surface area contributed by atoms with Crippen LogP contribution in [0.2, 0.25) is 5.02 Å². The number of amides is 1. The molecule has 0 heterocycles. The van der Waals surface area contributed by atoms with Crippen LogP contribution in [0.1, 0.15) is 13.8 Å². The van der Waals surface area contributed by atoms with E-state index in [1.165, 1.54) is 39.1 Å². The van der Waals surface area contributed by atoms with Crippen LogP contribution in [0.25, 0.3) is 0 Å². The Balaban J connectivity index is 3.10. The van der Waals surface area contributed by atoms with Crippen LogP contribution in [0.3, 0.4) is 0 Å². The second-order valence-corrected chi connectivity index (χ2v) is 4.46. The van der Waals surface area contributed by atoms with E-state index in [0.29, 0.717) is 5.02 Å². The number of likely N-dealkylation sites (N-methyl/N-ethyl adjacent to an activating group) is 1. The second kappa shape index (κ2) is 4.39. The molecule has 0 saturated carbocycles. The monoisotopic (exact) mass is 245 g/mol. The van der Waals surface area contributed by atoms with E-state index in [0.717, 1.165) is 4.90 Å². The molecular weight excluding hydrogens is 233 g/mol. The molecule has 5 heteroatoms. The maximum atomic E-state index is 13.4. The molecule has 1 rings (SSSR count). The van der Waals surface area contributed by atoms with Gasteiger partial charge in [-0.05, 0) is 32.0 Å². The molecule has 88 valence electrons. The molecule has 0 saturated heterocycles. The largest absolute Gasteiger partial charge is 0.381 e. The highest BCUT2D eigenvalue weighted by Gasteiger charge is 2.29. The van der Waals surface area contributed by atoms with Gasteiger partial charge in [0.15, 0.2) is 0 Å². The SMILES string of the molecule is CN(C(=O)C(C)(C)O)c1cc(Cl)ccc1F. The quantitative estimate of drug-likeness (QED) is 0.868. The lowest BCUT2D eigenvalue weighted by Gasteiger charge is -2.25. The summed E-state index contributed by atoms with van der Waals surface area (Å²) in [5.41, 5.74) is -1.51. The standard InChI is InChI=1S/C11H13ClFNO2/c1-11(2,16)10(15)14(3)9-6-7(12)4-5-8(9)13/h4-6,16H,1-3H3. The van der Waals surface area contributed by atoms with Crippen LogP contribution in [0, 0.1) is 5.82 Å². The zero-order valence-electron chi connectivity index (χ0n) is 9.29. The van der Waals surface area contributed by atoms with Crippen molar-refractivity contribution in [3.8, 4) is 0 Å². The maximum absolute atomic E-state index is 13.4.